The standard InChI is InChI=1S/C12H17NO4/c1-2-3-13(4-5-14)12(17)9-6-10(15)8-11(16)7-9/h6-8,14-16H,2-5H2,1H3. The van der Waals surface area contributed by atoms with Crippen LogP contribution in [0.4, 0.5) is 0 Å². The number of nitrogens with zero attached hydrogens (tertiary/aromatic N) is 1. The van der Waals surface area contributed by atoms with Crippen molar-refractivity contribution in [3.63, 3.8) is 0 Å². The maximum Gasteiger partial charge on any atom is 0.254 e. The largest absolute Gasteiger partial charge is 0.508 e. The highest BCUT2D eigenvalue weighted by atomic mass is 16.3. The number of hydrogen-bond acceptors (Lipinski definition) is 4. The highest BCUT2D eigenvalue weighted by Crippen LogP contribution is 2.21. The van der Waals surface area contributed by atoms with Gasteiger partial charge in [0.2, 0.25) is 0 Å². The first kappa shape index (κ1) is 13.3. The minimum Gasteiger partial charge on any atom is -0.508 e. The number of aromatic hydroxyl groups is 2. The maximum atomic E-state index is 12.0. The van der Waals surface area contributed by atoms with Gasteiger partial charge in [-0.1, -0.05) is 6.92 Å². The summed E-state index contributed by atoms with van der Waals surface area (Å²) in [6, 6.07) is 3.75. The van der Waals surface area contributed by atoms with Crippen LogP contribution < -0.4 is 0 Å². The molecule has 0 atom stereocenters. The number of phenols is 2. The molecule has 5 nitrogen and oxygen atoms in total. The number of amides is 1. The van der Waals surface area contributed by atoms with Gasteiger partial charge in [-0.2, -0.15) is 0 Å². The zero-order chi connectivity index (χ0) is 12.8. The molecule has 1 aromatic rings. The monoisotopic (exact) mass is 239 g/mol. The van der Waals surface area contributed by atoms with E-state index in [1.165, 1.54) is 17.0 Å². The SMILES string of the molecule is CCCN(CCO)C(=O)c1cc(O)cc(O)c1. The van der Waals surface area contributed by atoms with E-state index in [0.717, 1.165) is 12.5 Å². The molecule has 0 saturated heterocycles. The third kappa shape index (κ3) is 3.64. The number of carbonyl (C=O) groups excluding carboxylic acids is 1. The summed E-state index contributed by atoms with van der Waals surface area (Å²) in [6.45, 7) is 2.58. The summed E-state index contributed by atoms with van der Waals surface area (Å²) in [7, 11) is 0. The van der Waals surface area contributed by atoms with Crippen LogP contribution in [0.25, 0.3) is 0 Å². The lowest BCUT2D eigenvalue weighted by Gasteiger charge is -2.21. The van der Waals surface area contributed by atoms with Gasteiger partial charge in [-0.25, -0.2) is 0 Å². The lowest BCUT2D eigenvalue weighted by Crippen LogP contribution is -2.34. The second-order valence-corrected chi connectivity index (χ2v) is 3.75. The molecule has 0 aliphatic heterocycles. The smallest absolute Gasteiger partial charge is 0.254 e. The van der Waals surface area contributed by atoms with E-state index in [2.05, 4.69) is 0 Å². The Labute approximate surface area is 99.9 Å². The van der Waals surface area contributed by atoms with Gasteiger partial charge in [-0.3, -0.25) is 4.79 Å². The number of benzene rings is 1. The third-order valence-corrected chi connectivity index (χ3v) is 2.30. The van der Waals surface area contributed by atoms with Crippen LogP contribution in [-0.2, 0) is 0 Å². The van der Waals surface area contributed by atoms with E-state index in [1.807, 2.05) is 6.92 Å². The van der Waals surface area contributed by atoms with E-state index in [0.29, 0.717) is 6.54 Å². The van der Waals surface area contributed by atoms with Crippen LogP contribution in [0.15, 0.2) is 18.2 Å². The summed E-state index contributed by atoms with van der Waals surface area (Å²) in [4.78, 5) is 13.5. The molecule has 0 radical (unpaired) electrons. The Morgan fingerprint density at radius 3 is 2.24 bits per heavy atom. The molecule has 0 fully saturated rings. The van der Waals surface area contributed by atoms with Gasteiger partial charge < -0.3 is 20.2 Å². The van der Waals surface area contributed by atoms with E-state index in [4.69, 9.17) is 5.11 Å². The average Bonchev–Trinajstić information content (AvgIpc) is 2.26. The van der Waals surface area contributed by atoms with Gasteiger partial charge in [0.15, 0.2) is 0 Å². The van der Waals surface area contributed by atoms with Crippen molar-refractivity contribution in [2.75, 3.05) is 19.7 Å². The molecule has 0 aliphatic rings. The first-order valence-corrected chi connectivity index (χ1v) is 5.51. The van der Waals surface area contributed by atoms with E-state index >= 15 is 0 Å². The van der Waals surface area contributed by atoms with Crippen LogP contribution >= 0.6 is 0 Å². The number of phenolic OH excluding ortho intramolecular Hbond substituents is 2. The van der Waals surface area contributed by atoms with Crippen LogP contribution in [0.3, 0.4) is 0 Å². The molecule has 17 heavy (non-hydrogen) atoms. The Bertz CT molecular complexity index is 366. The van der Waals surface area contributed by atoms with E-state index in [1.54, 1.807) is 0 Å². The van der Waals surface area contributed by atoms with Crippen LogP contribution in [0.5, 0.6) is 11.5 Å². The second-order valence-electron chi connectivity index (χ2n) is 3.75. The van der Waals surface area contributed by atoms with Gasteiger partial charge in [0.05, 0.1) is 6.61 Å². The number of rotatable bonds is 5. The van der Waals surface area contributed by atoms with Crippen LogP contribution in [-0.4, -0.2) is 45.8 Å². The minimum absolute atomic E-state index is 0.115. The zero-order valence-electron chi connectivity index (χ0n) is 9.76. The van der Waals surface area contributed by atoms with Gasteiger partial charge in [0.25, 0.3) is 5.91 Å². The molecule has 0 aromatic heterocycles. The van der Waals surface area contributed by atoms with Crippen LogP contribution in [0.2, 0.25) is 0 Å². The van der Waals surface area contributed by atoms with Crippen LogP contribution in [0.1, 0.15) is 23.7 Å². The normalized spacial score (nSPS) is 10.2. The Hall–Kier alpha value is -1.75. The predicted molar refractivity (Wildman–Crippen MR) is 63.1 cm³/mol. The Morgan fingerprint density at radius 1 is 1.18 bits per heavy atom. The summed E-state index contributed by atoms with van der Waals surface area (Å²) in [5.41, 5.74) is 0.212. The van der Waals surface area contributed by atoms with Crippen molar-refractivity contribution in [2.45, 2.75) is 13.3 Å². The predicted octanol–water partition coefficient (Wildman–Crippen LogP) is 0.942. The maximum absolute atomic E-state index is 12.0. The molecule has 5 heteroatoms. The summed E-state index contributed by atoms with van der Waals surface area (Å²) in [6.07, 6.45) is 0.774. The highest BCUT2D eigenvalue weighted by molar-refractivity contribution is 5.95. The summed E-state index contributed by atoms with van der Waals surface area (Å²) < 4.78 is 0. The topological polar surface area (TPSA) is 81.0 Å². The molecule has 0 aliphatic carbocycles. The first-order valence-electron chi connectivity index (χ1n) is 5.51. The quantitative estimate of drug-likeness (QED) is 0.714. The number of aliphatic hydroxyl groups excluding tert-OH is 1. The Morgan fingerprint density at radius 2 is 1.76 bits per heavy atom. The van der Waals surface area contributed by atoms with Gasteiger partial charge in [-0.15, -0.1) is 0 Å². The van der Waals surface area contributed by atoms with Crippen molar-refractivity contribution in [2.24, 2.45) is 0 Å². The number of hydrogen-bond donors (Lipinski definition) is 3. The van der Waals surface area contributed by atoms with Crippen molar-refractivity contribution < 1.29 is 20.1 Å². The lowest BCUT2D eigenvalue weighted by atomic mass is 10.1. The highest BCUT2D eigenvalue weighted by Gasteiger charge is 2.15. The van der Waals surface area contributed by atoms with E-state index in [-0.39, 0.29) is 36.1 Å². The van der Waals surface area contributed by atoms with Gasteiger partial charge in [-0.05, 0) is 18.6 Å². The molecule has 0 unspecified atom stereocenters. The molecule has 1 aromatic carbocycles. The Kier molecular flexibility index (Phi) is 4.78. The Balaban J connectivity index is 2.92. The average molecular weight is 239 g/mol. The van der Waals surface area contributed by atoms with E-state index in [9.17, 15) is 15.0 Å². The van der Waals surface area contributed by atoms with Crippen molar-refractivity contribution >= 4 is 5.91 Å². The van der Waals surface area contributed by atoms with Crippen molar-refractivity contribution in [1.29, 1.82) is 0 Å². The molecule has 1 rings (SSSR count). The molecule has 94 valence electrons. The zero-order valence-corrected chi connectivity index (χ0v) is 9.76. The number of carbonyl (C=O) groups is 1. The van der Waals surface area contributed by atoms with Gasteiger partial charge in [0, 0.05) is 24.7 Å². The van der Waals surface area contributed by atoms with Gasteiger partial charge in [0.1, 0.15) is 11.5 Å². The fourth-order valence-electron chi connectivity index (χ4n) is 1.61. The fraction of sp³-hybridized carbons (Fsp3) is 0.417. The fourth-order valence-corrected chi connectivity index (χ4v) is 1.61. The van der Waals surface area contributed by atoms with E-state index < -0.39 is 0 Å². The van der Waals surface area contributed by atoms with Crippen molar-refractivity contribution in [3.05, 3.63) is 23.8 Å². The molecule has 3 N–H and O–H groups in total. The van der Waals surface area contributed by atoms with Crippen molar-refractivity contribution in [3.8, 4) is 11.5 Å². The molecule has 0 heterocycles. The number of aliphatic hydroxyl groups is 1. The van der Waals surface area contributed by atoms with Gasteiger partial charge >= 0.3 is 0 Å². The summed E-state index contributed by atoms with van der Waals surface area (Å²) in [5, 5.41) is 27.5. The molecule has 0 bridgehead atoms. The van der Waals surface area contributed by atoms with Crippen LogP contribution in [0, 0.1) is 0 Å². The van der Waals surface area contributed by atoms with Crippen molar-refractivity contribution in [1.82, 2.24) is 4.90 Å². The molecule has 0 saturated carbocycles. The summed E-state index contributed by atoms with van der Waals surface area (Å²) in [5.74, 6) is -0.630. The minimum atomic E-state index is -0.313. The molecule has 0 spiro atoms. The molecular formula is C12H17NO4. The lowest BCUT2D eigenvalue weighted by molar-refractivity contribution is 0.0721. The first-order chi connectivity index (χ1) is 8.08. The molecule has 1 amide bonds. The summed E-state index contributed by atoms with van der Waals surface area (Å²) >= 11 is 0. The second kappa shape index (κ2) is 6.10. The third-order valence-electron chi connectivity index (χ3n) is 2.30. The molecular weight excluding hydrogens is 222 g/mol.